The summed E-state index contributed by atoms with van der Waals surface area (Å²) in [6.45, 7) is 0.538. The number of nitrogens with zero attached hydrogens (tertiary/aromatic N) is 1. The number of carbonyl (C=O) groups is 2. The summed E-state index contributed by atoms with van der Waals surface area (Å²) in [4.78, 5) is 24.7. The number of hydrogen-bond acceptors (Lipinski definition) is 4. The van der Waals surface area contributed by atoms with Gasteiger partial charge in [0.05, 0.1) is 12.8 Å². The highest BCUT2D eigenvalue weighted by atomic mass is 19.1. The Labute approximate surface area is 157 Å². The molecule has 0 aliphatic carbocycles. The fraction of sp³-hybridized carbons (Fsp3) is 0.263. The molecule has 8 heteroatoms. The topological polar surface area (TPSA) is 82.7 Å². The normalized spacial score (nSPS) is 10.1. The predicted octanol–water partition coefficient (Wildman–Crippen LogP) is 3.07. The molecule has 0 fully saturated rings. The quantitative estimate of drug-likeness (QED) is 0.726. The number of amides is 3. The third kappa shape index (κ3) is 6.18. The van der Waals surface area contributed by atoms with Gasteiger partial charge in [-0.05, 0) is 35.4 Å². The van der Waals surface area contributed by atoms with E-state index in [-0.39, 0.29) is 18.4 Å². The minimum absolute atomic E-state index is 0.221. The van der Waals surface area contributed by atoms with E-state index in [4.69, 9.17) is 0 Å². The van der Waals surface area contributed by atoms with Gasteiger partial charge in [-0.3, -0.25) is 5.32 Å². The number of nitrogens with one attached hydrogen (secondary N) is 3. The molecule has 0 unspecified atom stereocenters. The molecule has 0 heterocycles. The summed E-state index contributed by atoms with van der Waals surface area (Å²) in [6.07, 6.45) is -0.546. The highest BCUT2D eigenvalue weighted by Crippen LogP contribution is 2.18. The molecule has 0 saturated carbocycles. The number of rotatable bonds is 6. The van der Waals surface area contributed by atoms with Gasteiger partial charge in [0.2, 0.25) is 0 Å². The van der Waals surface area contributed by atoms with Crippen LogP contribution in [-0.2, 0) is 17.8 Å². The van der Waals surface area contributed by atoms with Crippen LogP contribution < -0.4 is 20.9 Å². The van der Waals surface area contributed by atoms with Gasteiger partial charge in [0.25, 0.3) is 0 Å². The standard InChI is InChI=1S/C19H23FN4O3/c1-24(2)17-9-6-14(10-16(17)20)12-22-18(25)21-11-13-4-7-15(8-5-13)23-19(26)27-3/h4-10H,11-12H2,1-3H3,(H,23,26)(H2,21,22,25). The van der Waals surface area contributed by atoms with Gasteiger partial charge >= 0.3 is 12.1 Å². The maximum absolute atomic E-state index is 13.9. The third-order valence-electron chi connectivity index (χ3n) is 3.79. The zero-order valence-corrected chi connectivity index (χ0v) is 15.5. The van der Waals surface area contributed by atoms with E-state index in [0.717, 1.165) is 5.56 Å². The Balaban J connectivity index is 1.79. The lowest BCUT2D eigenvalue weighted by Crippen LogP contribution is -2.34. The summed E-state index contributed by atoms with van der Waals surface area (Å²) < 4.78 is 18.4. The summed E-state index contributed by atoms with van der Waals surface area (Å²) in [5.41, 5.74) is 2.63. The van der Waals surface area contributed by atoms with Gasteiger partial charge in [-0.1, -0.05) is 18.2 Å². The van der Waals surface area contributed by atoms with Gasteiger partial charge in [0.15, 0.2) is 0 Å². The van der Waals surface area contributed by atoms with Crippen molar-refractivity contribution in [3.8, 4) is 0 Å². The molecular formula is C19H23FN4O3. The smallest absolute Gasteiger partial charge is 0.411 e. The SMILES string of the molecule is COC(=O)Nc1ccc(CNC(=O)NCc2ccc(N(C)C)c(F)c2)cc1. The van der Waals surface area contributed by atoms with Crippen LogP contribution in [0.4, 0.5) is 25.4 Å². The van der Waals surface area contributed by atoms with Crippen molar-refractivity contribution in [2.75, 3.05) is 31.4 Å². The van der Waals surface area contributed by atoms with E-state index in [2.05, 4.69) is 20.7 Å². The second-order valence-electron chi connectivity index (χ2n) is 6.03. The lowest BCUT2D eigenvalue weighted by molar-refractivity contribution is 0.187. The van der Waals surface area contributed by atoms with Crippen LogP contribution in [0.3, 0.4) is 0 Å². The second-order valence-corrected chi connectivity index (χ2v) is 6.03. The van der Waals surface area contributed by atoms with Crippen LogP contribution in [-0.4, -0.2) is 33.3 Å². The van der Waals surface area contributed by atoms with Crippen molar-refractivity contribution >= 4 is 23.5 Å². The first-order chi connectivity index (χ1) is 12.9. The van der Waals surface area contributed by atoms with Gasteiger partial charge in [0.1, 0.15) is 5.82 Å². The molecule has 0 radical (unpaired) electrons. The van der Waals surface area contributed by atoms with E-state index in [9.17, 15) is 14.0 Å². The molecule has 3 amide bonds. The van der Waals surface area contributed by atoms with Crippen molar-refractivity contribution in [1.29, 1.82) is 0 Å². The highest BCUT2D eigenvalue weighted by molar-refractivity contribution is 5.84. The van der Waals surface area contributed by atoms with Crippen LogP contribution in [0.15, 0.2) is 42.5 Å². The van der Waals surface area contributed by atoms with E-state index in [0.29, 0.717) is 23.5 Å². The zero-order chi connectivity index (χ0) is 19.8. The van der Waals surface area contributed by atoms with Crippen LogP contribution >= 0.6 is 0 Å². The average Bonchev–Trinajstić information content (AvgIpc) is 2.65. The minimum atomic E-state index is -0.546. The van der Waals surface area contributed by atoms with Gasteiger partial charge in [-0.15, -0.1) is 0 Å². The fourth-order valence-electron chi connectivity index (χ4n) is 2.33. The lowest BCUT2D eigenvalue weighted by atomic mass is 10.2. The number of benzene rings is 2. The highest BCUT2D eigenvalue weighted by Gasteiger charge is 2.07. The third-order valence-corrected chi connectivity index (χ3v) is 3.79. The minimum Gasteiger partial charge on any atom is -0.453 e. The molecule has 0 saturated heterocycles. The van der Waals surface area contributed by atoms with Crippen molar-refractivity contribution in [3.05, 3.63) is 59.4 Å². The maximum Gasteiger partial charge on any atom is 0.411 e. The second kappa shape index (κ2) is 9.42. The Hall–Kier alpha value is -3.29. The summed E-state index contributed by atoms with van der Waals surface area (Å²) in [6, 6.07) is 11.5. The molecule has 2 aromatic carbocycles. The van der Waals surface area contributed by atoms with E-state index < -0.39 is 6.09 Å². The Morgan fingerprint density at radius 1 is 1.00 bits per heavy atom. The molecule has 144 valence electrons. The molecule has 0 aliphatic heterocycles. The first-order valence-electron chi connectivity index (χ1n) is 8.30. The number of carbonyl (C=O) groups excluding carboxylic acids is 2. The Bertz CT molecular complexity index is 794. The molecule has 27 heavy (non-hydrogen) atoms. The molecular weight excluding hydrogens is 351 g/mol. The molecule has 2 rings (SSSR count). The molecule has 0 spiro atoms. The number of methoxy groups -OCH3 is 1. The van der Waals surface area contributed by atoms with Gasteiger partial charge in [-0.25, -0.2) is 14.0 Å². The summed E-state index contributed by atoms with van der Waals surface area (Å²) in [5.74, 6) is -0.333. The molecule has 7 nitrogen and oxygen atoms in total. The van der Waals surface area contributed by atoms with Crippen molar-refractivity contribution in [1.82, 2.24) is 10.6 Å². The van der Waals surface area contributed by atoms with Crippen molar-refractivity contribution in [2.45, 2.75) is 13.1 Å². The predicted molar refractivity (Wildman–Crippen MR) is 102 cm³/mol. The average molecular weight is 374 g/mol. The summed E-state index contributed by atoms with van der Waals surface area (Å²) in [5, 5.41) is 7.95. The Morgan fingerprint density at radius 3 is 2.15 bits per heavy atom. The summed E-state index contributed by atoms with van der Waals surface area (Å²) in [7, 11) is 4.82. The van der Waals surface area contributed by atoms with E-state index in [1.165, 1.54) is 13.2 Å². The van der Waals surface area contributed by atoms with Gasteiger partial charge < -0.3 is 20.3 Å². The van der Waals surface area contributed by atoms with Crippen LogP contribution in [0.1, 0.15) is 11.1 Å². The monoisotopic (exact) mass is 374 g/mol. The number of halogens is 1. The van der Waals surface area contributed by atoms with Crippen LogP contribution in [0.25, 0.3) is 0 Å². The zero-order valence-electron chi connectivity index (χ0n) is 15.5. The van der Waals surface area contributed by atoms with Crippen LogP contribution in [0, 0.1) is 5.82 Å². The molecule has 0 aromatic heterocycles. The molecule has 3 N–H and O–H groups in total. The number of ether oxygens (including phenoxy) is 1. The van der Waals surface area contributed by atoms with Crippen molar-refractivity contribution in [3.63, 3.8) is 0 Å². The number of hydrogen-bond donors (Lipinski definition) is 3. The molecule has 0 atom stereocenters. The van der Waals surface area contributed by atoms with Gasteiger partial charge in [-0.2, -0.15) is 0 Å². The van der Waals surface area contributed by atoms with Crippen LogP contribution in [0.5, 0.6) is 0 Å². The molecule has 2 aromatic rings. The fourth-order valence-corrected chi connectivity index (χ4v) is 2.33. The largest absolute Gasteiger partial charge is 0.453 e. The number of anilines is 2. The van der Waals surface area contributed by atoms with E-state index in [1.54, 1.807) is 55.4 Å². The molecule has 0 bridgehead atoms. The van der Waals surface area contributed by atoms with Crippen molar-refractivity contribution in [2.24, 2.45) is 0 Å². The van der Waals surface area contributed by atoms with Crippen LogP contribution in [0.2, 0.25) is 0 Å². The van der Waals surface area contributed by atoms with Crippen molar-refractivity contribution < 1.29 is 18.7 Å². The Kier molecular flexibility index (Phi) is 6.99. The lowest BCUT2D eigenvalue weighted by Gasteiger charge is -2.14. The molecule has 0 aliphatic rings. The first kappa shape index (κ1) is 20.0. The van der Waals surface area contributed by atoms with E-state index >= 15 is 0 Å². The summed E-state index contributed by atoms with van der Waals surface area (Å²) >= 11 is 0. The number of urea groups is 1. The Morgan fingerprint density at radius 2 is 1.59 bits per heavy atom. The van der Waals surface area contributed by atoms with E-state index in [1.807, 2.05) is 0 Å². The maximum atomic E-state index is 13.9. The first-order valence-corrected chi connectivity index (χ1v) is 8.30. The van der Waals surface area contributed by atoms with Gasteiger partial charge in [0, 0.05) is 32.9 Å².